The highest BCUT2D eigenvalue weighted by Gasteiger charge is 2.12. The second kappa shape index (κ2) is 6.41. The lowest BCUT2D eigenvalue weighted by Gasteiger charge is -2.08. The molecule has 0 fully saturated rings. The summed E-state index contributed by atoms with van der Waals surface area (Å²) in [6.45, 7) is 2.08. The molecule has 0 aliphatic heterocycles. The van der Waals surface area contributed by atoms with Gasteiger partial charge in [-0.1, -0.05) is 18.2 Å². The minimum atomic E-state index is -0.425. The first-order chi connectivity index (χ1) is 11.2. The van der Waals surface area contributed by atoms with Crippen LogP contribution in [0.1, 0.15) is 6.92 Å². The molecule has 0 aliphatic carbocycles. The molecule has 0 atom stereocenters. The second-order valence-electron chi connectivity index (χ2n) is 4.72. The molecule has 8 heteroatoms. The van der Waals surface area contributed by atoms with E-state index in [4.69, 9.17) is 4.74 Å². The van der Waals surface area contributed by atoms with Gasteiger partial charge in [0.15, 0.2) is 5.65 Å². The van der Waals surface area contributed by atoms with Crippen molar-refractivity contribution in [3.63, 3.8) is 0 Å². The summed E-state index contributed by atoms with van der Waals surface area (Å²) >= 11 is 0. The zero-order valence-electron chi connectivity index (χ0n) is 12.5. The highest BCUT2D eigenvalue weighted by Crippen LogP contribution is 2.12. The fourth-order valence-corrected chi connectivity index (χ4v) is 2.11. The normalized spacial score (nSPS) is 10.8. The Morgan fingerprint density at radius 1 is 1.30 bits per heavy atom. The molecule has 8 nitrogen and oxygen atoms in total. The number of ether oxygens (including phenoxy) is 1. The maximum Gasteiger partial charge on any atom is 0.283 e. The molecule has 0 bridgehead atoms. The summed E-state index contributed by atoms with van der Waals surface area (Å²) in [5.74, 6) is -0.425. The highest BCUT2D eigenvalue weighted by molar-refractivity contribution is 5.85. The lowest BCUT2D eigenvalue weighted by molar-refractivity contribution is -0.121. The molecule has 0 aliphatic rings. The summed E-state index contributed by atoms with van der Waals surface area (Å²) in [6, 6.07) is 9.37. The summed E-state index contributed by atoms with van der Waals surface area (Å²) in [5.41, 5.74) is 3.25. The van der Waals surface area contributed by atoms with E-state index in [-0.39, 0.29) is 6.61 Å². The Balaban J connectivity index is 1.95. The average molecular weight is 313 g/mol. The van der Waals surface area contributed by atoms with Gasteiger partial charge in [-0.05, 0) is 19.1 Å². The molecule has 1 aromatic carbocycles. The van der Waals surface area contributed by atoms with Gasteiger partial charge in [0.1, 0.15) is 18.3 Å². The monoisotopic (exact) mass is 313 g/mol. The summed E-state index contributed by atoms with van der Waals surface area (Å²) < 4.78 is 7.59. The highest BCUT2D eigenvalue weighted by atomic mass is 16.5. The third-order valence-corrected chi connectivity index (χ3v) is 3.17. The topological polar surface area (TPSA) is 91.0 Å². The first kappa shape index (κ1) is 14.9. The summed E-state index contributed by atoms with van der Waals surface area (Å²) in [6.07, 6.45) is 2.69. The molecule has 3 rings (SSSR count). The number of carbonyl (C=O) groups is 1. The van der Waals surface area contributed by atoms with Crippen molar-refractivity contribution in [2.45, 2.75) is 6.92 Å². The van der Waals surface area contributed by atoms with E-state index in [0.717, 1.165) is 10.4 Å². The van der Waals surface area contributed by atoms with Gasteiger partial charge in [-0.25, -0.2) is 14.3 Å². The van der Waals surface area contributed by atoms with E-state index in [2.05, 4.69) is 15.5 Å². The van der Waals surface area contributed by atoms with Crippen LogP contribution in [0.15, 0.2) is 47.7 Å². The van der Waals surface area contributed by atoms with Gasteiger partial charge in [-0.2, -0.15) is 5.10 Å². The van der Waals surface area contributed by atoms with Gasteiger partial charge in [0, 0.05) is 6.61 Å². The van der Waals surface area contributed by atoms with Gasteiger partial charge < -0.3 is 4.74 Å². The van der Waals surface area contributed by atoms with Gasteiger partial charge in [0.25, 0.3) is 11.5 Å². The predicted molar refractivity (Wildman–Crippen MR) is 84.0 cm³/mol. The van der Waals surface area contributed by atoms with E-state index in [9.17, 15) is 9.59 Å². The van der Waals surface area contributed by atoms with Crippen molar-refractivity contribution in [3.05, 3.63) is 53.2 Å². The quantitative estimate of drug-likeness (QED) is 0.748. The molecule has 1 amide bonds. The van der Waals surface area contributed by atoms with E-state index in [1.807, 2.05) is 30.3 Å². The van der Waals surface area contributed by atoms with Crippen LogP contribution in [0.3, 0.4) is 0 Å². The lowest BCUT2D eigenvalue weighted by atomic mass is 10.3. The van der Waals surface area contributed by atoms with Crippen LogP contribution in [0.25, 0.3) is 16.7 Å². The van der Waals surface area contributed by atoms with Gasteiger partial charge in [0.2, 0.25) is 0 Å². The minimum Gasteiger partial charge on any atom is -0.372 e. The summed E-state index contributed by atoms with van der Waals surface area (Å²) in [7, 11) is 0. The molecule has 23 heavy (non-hydrogen) atoms. The third-order valence-electron chi connectivity index (χ3n) is 3.17. The van der Waals surface area contributed by atoms with Crippen LogP contribution in [0.4, 0.5) is 0 Å². The maximum absolute atomic E-state index is 12.4. The molecular formula is C15H15N5O3. The fourth-order valence-electron chi connectivity index (χ4n) is 2.11. The van der Waals surface area contributed by atoms with Crippen LogP contribution < -0.4 is 11.0 Å². The number of nitrogens with zero attached hydrogens (tertiary/aromatic N) is 4. The largest absolute Gasteiger partial charge is 0.372 e. The lowest BCUT2D eigenvalue weighted by Crippen LogP contribution is -2.35. The van der Waals surface area contributed by atoms with Gasteiger partial charge >= 0.3 is 0 Å². The molecule has 0 unspecified atom stereocenters. The molecule has 0 saturated carbocycles. The summed E-state index contributed by atoms with van der Waals surface area (Å²) in [4.78, 5) is 28.3. The van der Waals surface area contributed by atoms with Crippen molar-refractivity contribution in [1.29, 1.82) is 0 Å². The Hall–Kier alpha value is -3.00. The Morgan fingerprint density at radius 2 is 2.09 bits per heavy atom. The van der Waals surface area contributed by atoms with Gasteiger partial charge in [-0.15, -0.1) is 0 Å². The number of hydrogen-bond donors (Lipinski definition) is 1. The number of amides is 1. The van der Waals surface area contributed by atoms with Crippen molar-refractivity contribution < 1.29 is 9.53 Å². The fraction of sp³-hybridized carbons (Fsp3) is 0.200. The van der Waals surface area contributed by atoms with Crippen LogP contribution in [-0.2, 0) is 9.53 Å². The van der Waals surface area contributed by atoms with Crippen LogP contribution in [0.5, 0.6) is 0 Å². The van der Waals surface area contributed by atoms with E-state index >= 15 is 0 Å². The van der Waals surface area contributed by atoms with Crippen LogP contribution in [-0.4, -0.2) is 38.6 Å². The number of fused-ring (bicyclic) bond motifs is 1. The van der Waals surface area contributed by atoms with Crippen molar-refractivity contribution in [1.82, 2.24) is 19.4 Å². The molecule has 2 heterocycles. The second-order valence-corrected chi connectivity index (χ2v) is 4.72. The Morgan fingerprint density at radius 3 is 2.83 bits per heavy atom. The maximum atomic E-state index is 12.4. The summed E-state index contributed by atoms with van der Waals surface area (Å²) in [5, 5.41) is 4.51. The predicted octanol–water partition coefficient (Wildman–Crippen LogP) is 0.689. The SMILES string of the molecule is CCOCC(=O)Nn1cnc2c(cnn2-c2ccccc2)c1=O. The Labute approximate surface area is 131 Å². The van der Waals surface area contributed by atoms with Crippen molar-refractivity contribution in [2.24, 2.45) is 0 Å². The number of carbonyl (C=O) groups excluding carboxylic acids is 1. The average Bonchev–Trinajstić information content (AvgIpc) is 3.01. The number of hydrogen-bond acceptors (Lipinski definition) is 5. The van der Waals surface area contributed by atoms with Gasteiger partial charge in [0.05, 0.1) is 11.9 Å². The minimum absolute atomic E-state index is 0.121. The van der Waals surface area contributed by atoms with Crippen LogP contribution in [0, 0.1) is 0 Å². The molecule has 0 spiro atoms. The molecule has 1 N–H and O–H groups in total. The molecular weight excluding hydrogens is 298 g/mol. The van der Waals surface area contributed by atoms with Crippen molar-refractivity contribution >= 4 is 16.9 Å². The van der Waals surface area contributed by atoms with E-state index in [0.29, 0.717) is 17.6 Å². The molecule has 0 saturated heterocycles. The first-order valence-electron chi connectivity index (χ1n) is 7.09. The molecule has 0 radical (unpaired) electrons. The van der Waals surface area contributed by atoms with E-state index in [1.165, 1.54) is 12.5 Å². The standard InChI is InChI=1S/C15H15N5O3/c1-2-23-9-13(21)18-19-10-16-14-12(15(19)22)8-17-20(14)11-6-4-3-5-7-11/h3-8,10H,2,9H2,1H3,(H,18,21). The number of rotatable bonds is 5. The van der Waals surface area contributed by atoms with E-state index < -0.39 is 11.5 Å². The zero-order valence-corrected chi connectivity index (χ0v) is 12.5. The number of para-hydroxylation sites is 1. The molecule has 2 aromatic heterocycles. The Bertz CT molecular complexity index is 885. The smallest absolute Gasteiger partial charge is 0.283 e. The third kappa shape index (κ3) is 2.97. The molecule has 3 aromatic rings. The van der Waals surface area contributed by atoms with Crippen molar-refractivity contribution in [2.75, 3.05) is 18.6 Å². The van der Waals surface area contributed by atoms with Crippen molar-refractivity contribution in [3.8, 4) is 5.69 Å². The number of benzene rings is 1. The number of aromatic nitrogens is 4. The van der Waals surface area contributed by atoms with Crippen LogP contribution >= 0.6 is 0 Å². The number of nitrogens with one attached hydrogen (secondary N) is 1. The first-order valence-corrected chi connectivity index (χ1v) is 7.09. The van der Waals surface area contributed by atoms with Crippen LogP contribution in [0.2, 0.25) is 0 Å². The van der Waals surface area contributed by atoms with Gasteiger partial charge in [-0.3, -0.25) is 15.0 Å². The molecule has 118 valence electrons. The Kier molecular flexibility index (Phi) is 4.15. The zero-order chi connectivity index (χ0) is 16.2. The van der Waals surface area contributed by atoms with E-state index in [1.54, 1.807) is 11.6 Å².